The maximum atomic E-state index is 6.27. The molecule has 5 rings (SSSR count). The molecule has 1 fully saturated rings. The third-order valence-corrected chi connectivity index (χ3v) is 6.49. The standard InChI is InChI=1S/C28H29NO3/c1-30-24-14-12-20(17-26(24)31-2)16-21-13-15-25(32-18-19-8-4-3-5-9-19)28-27(21)22-10-6-7-11-23(22)29-28/h3-5,8-9,12-15,17,21H,6-7,10-11,16,18H2,1-2H3. The molecule has 1 aliphatic heterocycles. The van der Waals surface area contributed by atoms with E-state index >= 15 is 0 Å². The van der Waals surface area contributed by atoms with Crippen molar-refractivity contribution < 1.29 is 14.2 Å². The van der Waals surface area contributed by atoms with Crippen LogP contribution in [0.1, 0.15) is 36.8 Å². The molecule has 32 heavy (non-hydrogen) atoms. The summed E-state index contributed by atoms with van der Waals surface area (Å²) in [5.74, 6) is 2.70. The van der Waals surface area contributed by atoms with Crippen molar-refractivity contribution in [2.24, 2.45) is 10.9 Å². The van der Waals surface area contributed by atoms with Gasteiger partial charge in [-0.25, -0.2) is 4.99 Å². The molecule has 2 aromatic carbocycles. The van der Waals surface area contributed by atoms with E-state index in [4.69, 9.17) is 19.2 Å². The molecule has 164 valence electrons. The summed E-state index contributed by atoms with van der Waals surface area (Å²) in [5, 5.41) is 0. The molecule has 1 unspecified atom stereocenters. The number of fused-ring (bicyclic) bond motifs is 2. The fourth-order valence-electron chi connectivity index (χ4n) is 4.89. The van der Waals surface area contributed by atoms with Crippen molar-refractivity contribution in [3.8, 4) is 11.5 Å². The Morgan fingerprint density at radius 3 is 2.53 bits per heavy atom. The van der Waals surface area contributed by atoms with Gasteiger partial charge in [-0.1, -0.05) is 42.5 Å². The van der Waals surface area contributed by atoms with Crippen LogP contribution in [0.4, 0.5) is 0 Å². The largest absolute Gasteiger partial charge is 0.493 e. The summed E-state index contributed by atoms with van der Waals surface area (Å²) in [6, 6.07) is 16.5. The highest BCUT2D eigenvalue weighted by Gasteiger charge is 2.34. The lowest BCUT2D eigenvalue weighted by atomic mass is 9.80. The average Bonchev–Trinajstić information content (AvgIpc) is 3.24. The maximum Gasteiger partial charge on any atom is 0.160 e. The number of nitrogens with zero attached hydrogens (tertiary/aromatic N) is 1. The summed E-state index contributed by atoms with van der Waals surface area (Å²) >= 11 is 0. The van der Waals surface area contributed by atoms with Crippen molar-refractivity contribution in [3.63, 3.8) is 0 Å². The minimum absolute atomic E-state index is 0.279. The van der Waals surface area contributed by atoms with Gasteiger partial charge in [0.15, 0.2) is 11.5 Å². The highest BCUT2D eigenvalue weighted by atomic mass is 16.5. The Bertz CT molecular complexity index is 1120. The van der Waals surface area contributed by atoms with Crippen LogP contribution in [0.25, 0.3) is 0 Å². The Morgan fingerprint density at radius 1 is 0.906 bits per heavy atom. The Morgan fingerprint density at radius 2 is 1.72 bits per heavy atom. The lowest BCUT2D eigenvalue weighted by Gasteiger charge is -2.24. The topological polar surface area (TPSA) is 40.0 Å². The van der Waals surface area contributed by atoms with E-state index in [1.807, 2.05) is 24.3 Å². The molecule has 0 N–H and O–H groups in total. The van der Waals surface area contributed by atoms with Crippen LogP contribution < -0.4 is 9.47 Å². The molecule has 3 aliphatic rings. The molecule has 0 radical (unpaired) electrons. The summed E-state index contributed by atoms with van der Waals surface area (Å²) < 4.78 is 17.2. The quantitative estimate of drug-likeness (QED) is 0.529. The Hall–Kier alpha value is -3.27. The summed E-state index contributed by atoms with van der Waals surface area (Å²) in [6.07, 6.45) is 9.94. The van der Waals surface area contributed by atoms with Crippen LogP contribution in [0.15, 0.2) is 88.3 Å². The number of aliphatic imine (C=N–C) groups is 1. The third kappa shape index (κ3) is 3.97. The highest BCUT2D eigenvalue weighted by molar-refractivity contribution is 6.05. The van der Waals surface area contributed by atoms with Crippen LogP contribution in [0.5, 0.6) is 11.5 Å². The number of ether oxygens (including phenoxy) is 3. The van der Waals surface area contributed by atoms with Crippen LogP contribution in [0.3, 0.4) is 0 Å². The van der Waals surface area contributed by atoms with Crippen molar-refractivity contribution in [2.75, 3.05) is 14.2 Å². The summed E-state index contributed by atoms with van der Waals surface area (Å²) in [5.41, 5.74) is 7.51. The SMILES string of the molecule is COc1ccc(CC2C=CC(OCc3ccccc3)=C3N=C4CCCCC4=C32)cc1OC. The van der Waals surface area contributed by atoms with Gasteiger partial charge >= 0.3 is 0 Å². The number of hydrogen-bond acceptors (Lipinski definition) is 4. The van der Waals surface area contributed by atoms with Crippen molar-refractivity contribution in [1.29, 1.82) is 0 Å². The van der Waals surface area contributed by atoms with Gasteiger partial charge in [0.25, 0.3) is 0 Å². The monoisotopic (exact) mass is 427 g/mol. The molecular weight excluding hydrogens is 398 g/mol. The third-order valence-electron chi connectivity index (χ3n) is 6.49. The predicted octanol–water partition coefficient (Wildman–Crippen LogP) is 6.19. The van der Waals surface area contributed by atoms with E-state index in [-0.39, 0.29) is 5.92 Å². The molecule has 1 saturated carbocycles. The second kappa shape index (κ2) is 9.07. The zero-order valence-corrected chi connectivity index (χ0v) is 18.8. The number of hydrogen-bond donors (Lipinski definition) is 0. The molecule has 0 amide bonds. The molecule has 0 aromatic heterocycles. The van der Waals surface area contributed by atoms with Crippen LogP contribution in [0.2, 0.25) is 0 Å². The van der Waals surface area contributed by atoms with Gasteiger partial charge in [-0.3, -0.25) is 0 Å². The molecule has 0 spiro atoms. The molecule has 0 bridgehead atoms. The number of methoxy groups -OCH3 is 2. The molecule has 0 saturated heterocycles. The fraction of sp³-hybridized carbons (Fsp3) is 0.321. The predicted molar refractivity (Wildman–Crippen MR) is 127 cm³/mol. The molecule has 1 heterocycles. The zero-order chi connectivity index (χ0) is 21.9. The van der Waals surface area contributed by atoms with Gasteiger partial charge in [0.05, 0.1) is 14.2 Å². The van der Waals surface area contributed by atoms with Gasteiger partial charge in [-0.05, 0) is 72.6 Å². The summed E-state index contributed by atoms with van der Waals surface area (Å²) in [4.78, 5) is 5.08. The van der Waals surface area contributed by atoms with Gasteiger partial charge in [0.1, 0.15) is 18.1 Å². The number of benzene rings is 2. The van der Waals surface area contributed by atoms with Gasteiger partial charge in [-0.2, -0.15) is 0 Å². The van der Waals surface area contributed by atoms with E-state index in [0.717, 1.165) is 42.2 Å². The van der Waals surface area contributed by atoms with E-state index in [2.05, 4.69) is 36.4 Å². The fourth-order valence-corrected chi connectivity index (χ4v) is 4.89. The smallest absolute Gasteiger partial charge is 0.160 e. The summed E-state index contributed by atoms with van der Waals surface area (Å²) in [6.45, 7) is 0.553. The molecule has 4 nitrogen and oxygen atoms in total. The molecule has 2 aliphatic carbocycles. The second-order valence-electron chi connectivity index (χ2n) is 8.50. The average molecular weight is 428 g/mol. The molecule has 2 aromatic rings. The van der Waals surface area contributed by atoms with Crippen molar-refractivity contribution in [1.82, 2.24) is 0 Å². The first-order valence-electron chi connectivity index (χ1n) is 11.4. The van der Waals surface area contributed by atoms with Crippen LogP contribution in [-0.4, -0.2) is 19.9 Å². The van der Waals surface area contributed by atoms with Crippen LogP contribution >= 0.6 is 0 Å². The molecule has 4 heteroatoms. The van der Waals surface area contributed by atoms with Gasteiger partial charge in [-0.15, -0.1) is 0 Å². The number of allylic oxidation sites excluding steroid dienone is 4. The van der Waals surface area contributed by atoms with Gasteiger partial charge < -0.3 is 14.2 Å². The molecule has 1 atom stereocenters. The Balaban J connectivity index is 1.44. The van der Waals surface area contributed by atoms with E-state index < -0.39 is 0 Å². The first-order valence-corrected chi connectivity index (χ1v) is 11.4. The number of rotatable bonds is 7. The van der Waals surface area contributed by atoms with E-state index in [1.54, 1.807) is 14.2 Å². The van der Waals surface area contributed by atoms with Crippen LogP contribution in [0, 0.1) is 5.92 Å². The van der Waals surface area contributed by atoms with Crippen LogP contribution in [-0.2, 0) is 17.8 Å². The molecular formula is C28H29NO3. The van der Waals surface area contributed by atoms with Gasteiger partial charge in [0, 0.05) is 11.6 Å². The van der Waals surface area contributed by atoms with Crippen molar-refractivity contribution >= 4 is 5.71 Å². The van der Waals surface area contributed by atoms with E-state index in [1.165, 1.54) is 40.8 Å². The lowest BCUT2D eigenvalue weighted by molar-refractivity contribution is 0.206. The first-order chi connectivity index (χ1) is 15.8. The zero-order valence-electron chi connectivity index (χ0n) is 18.8. The maximum absolute atomic E-state index is 6.27. The Kier molecular flexibility index (Phi) is 5.85. The normalized spacial score (nSPS) is 19.4. The minimum atomic E-state index is 0.279. The van der Waals surface area contributed by atoms with E-state index in [0.29, 0.717) is 6.61 Å². The van der Waals surface area contributed by atoms with Crippen molar-refractivity contribution in [3.05, 3.63) is 94.4 Å². The van der Waals surface area contributed by atoms with E-state index in [9.17, 15) is 0 Å². The highest BCUT2D eigenvalue weighted by Crippen LogP contribution is 2.44. The first kappa shape index (κ1) is 20.6. The Labute approximate surface area is 189 Å². The van der Waals surface area contributed by atoms with Gasteiger partial charge in [0.2, 0.25) is 0 Å². The lowest BCUT2D eigenvalue weighted by Crippen LogP contribution is -2.15. The summed E-state index contributed by atoms with van der Waals surface area (Å²) in [7, 11) is 3.35. The minimum Gasteiger partial charge on any atom is -0.493 e. The second-order valence-corrected chi connectivity index (χ2v) is 8.50. The van der Waals surface area contributed by atoms with Crippen molar-refractivity contribution in [2.45, 2.75) is 38.7 Å².